The van der Waals surface area contributed by atoms with E-state index >= 15 is 0 Å². The first kappa shape index (κ1) is 12.6. The van der Waals surface area contributed by atoms with Gasteiger partial charge in [-0.15, -0.1) is 0 Å². The van der Waals surface area contributed by atoms with E-state index in [0.29, 0.717) is 10.9 Å². The quantitative estimate of drug-likeness (QED) is 0.769. The van der Waals surface area contributed by atoms with Crippen molar-refractivity contribution in [1.29, 1.82) is 0 Å². The highest BCUT2D eigenvalue weighted by Gasteiger charge is 2.27. The predicted molar refractivity (Wildman–Crippen MR) is 70.6 cm³/mol. The van der Waals surface area contributed by atoms with Gasteiger partial charge in [0, 0.05) is 17.1 Å². The van der Waals surface area contributed by atoms with Crippen LogP contribution in [0.1, 0.15) is 30.6 Å². The number of hydrogen-bond donors (Lipinski definition) is 0. The number of Topliss-reactive ketones (excluding diaryl/α,β-unsaturated/α-hetero) is 1. The van der Waals surface area contributed by atoms with Crippen LogP contribution >= 0.6 is 11.6 Å². The molecule has 2 atom stereocenters. The molecule has 0 radical (unpaired) electrons. The topological polar surface area (TPSA) is 20.3 Å². The van der Waals surface area contributed by atoms with Gasteiger partial charge in [0.2, 0.25) is 0 Å². The number of likely N-dealkylation sites (tertiary alicyclic amines) is 1. The molecule has 0 aliphatic carbocycles. The molecule has 0 saturated carbocycles. The predicted octanol–water partition coefficient (Wildman–Crippen LogP) is 3.25. The van der Waals surface area contributed by atoms with Gasteiger partial charge in [-0.25, -0.2) is 0 Å². The van der Waals surface area contributed by atoms with Gasteiger partial charge in [0.25, 0.3) is 0 Å². The second kappa shape index (κ2) is 5.19. The van der Waals surface area contributed by atoms with Crippen molar-refractivity contribution < 1.29 is 4.79 Å². The van der Waals surface area contributed by atoms with E-state index in [1.165, 1.54) is 6.42 Å². The Hall–Kier alpha value is -0.860. The Kier molecular flexibility index (Phi) is 3.85. The molecule has 0 spiro atoms. The molecule has 17 heavy (non-hydrogen) atoms. The molecule has 1 aromatic rings. The van der Waals surface area contributed by atoms with E-state index in [1.54, 1.807) is 24.3 Å². The molecule has 0 aromatic heterocycles. The zero-order valence-corrected chi connectivity index (χ0v) is 11.1. The Morgan fingerprint density at radius 3 is 2.59 bits per heavy atom. The van der Waals surface area contributed by atoms with Crippen molar-refractivity contribution in [2.45, 2.75) is 26.3 Å². The lowest BCUT2D eigenvalue weighted by molar-refractivity contribution is 0.0863. The Labute approximate surface area is 108 Å². The van der Waals surface area contributed by atoms with E-state index in [4.69, 9.17) is 11.6 Å². The summed E-state index contributed by atoms with van der Waals surface area (Å²) in [5.41, 5.74) is 0.751. The van der Waals surface area contributed by atoms with E-state index in [2.05, 4.69) is 11.8 Å². The molecule has 1 fully saturated rings. The maximum atomic E-state index is 12.3. The van der Waals surface area contributed by atoms with Gasteiger partial charge >= 0.3 is 0 Å². The molecule has 1 aromatic carbocycles. The number of benzene rings is 1. The number of halogens is 1. The number of rotatable bonds is 3. The van der Waals surface area contributed by atoms with Crippen molar-refractivity contribution in [3.63, 3.8) is 0 Å². The average molecular weight is 252 g/mol. The molecule has 1 aliphatic rings. The van der Waals surface area contributed by atoms with Crippen molar-refractivity contribution >= 4 is 17.4 Å². The van der Waals surface area contributed by atoms with Crippen molar-refractivity contribution in [3.05, 3.63) is 34.9 Å². The number of nitrogens with zero attached hydrogens (tertiary/aromatic N) is 1. The summed E-state index contributed by atoms with van der Waals surface area (Å²) in [7, 11) is 0. The van der Waals surface area contributed by atoms with Crippen LogP contribution in [0.25, 0.3) is 0 Å². The summed E-state index contributed by atoms with van der Waals surface area (Å²) in [6.07, 6.45) is 1.19. The number of hydrogen-bond acceptors (Lipinski definition) is 2. The summed E-state index contributed by atoms with van der Waals surface area (Å²) in [6.45, 7) is 6.29. The number of carbonyl (C=O) groups is 1. The van der Waals surface area contributed by atoms with Gasteiger partial charge < -0.3 is 0 Å². The van der Waals surface area contributed by atoms with E-state index < -0.39 is 0 Å². The lowest BCUT2D eigenvalue weighted by Crippen LogP contribution is -2.37. The molecule has 0 N–H and O–H groups in total. The van der Waals surface area contributed by atoms with Crippen LogP contribution in [0.3, 0.4) is 0 Å². The van der Waals surface area contributed by atoms with Gasteiger partial charge in [0.1, 0.15) is 0 Å². The van der Waals surface area contributed by atoms with Crippen LogP contribution < -0.4 is 0 Å². The number of carbonyl (C=O) groups excluding carboxylic acids is 1. The Morgan fingerprint density at radius 2 is 2.06 bits per heavy atom. The highest BCUT2D eigenvalue weighted by atomic mass is 35.5. The van der Waals surface area contributed by atoms with Crippen molar-refractivity contribution in [2.75, 3.05) is 13.1 Å². The van der Waals surface area contributed by atoms with Crippen molar-refractivity contribution in [1.82, 2.24) is 4.90 Å². The molecule has 92 valence electrons. The minimum Gasteiger partial charge on any atom is -0.293 e. The molecular weight excluding hydrogens is 234 g/mol. The van der Waals surface area contributed by atoms with Crippen LogP contribution in [0.2, 0.25) is 5.02 Å². The lowest BCUT2D eigenvalue weighted by atomic mass is 10.0. The lowest BCUT2D eigenvalue weighted by Gasteiger charge is -2.22. The summed E-state index contributed by atoms with van der Waals surface area (Å²) in [5, 5.41) is 0.670. The van der Waals surface area contributed by atoms with Crippen LogP contribution in [-0.4, -0.2) is 29.8 Å². The van der Waals surface area contributed by atoms with Gasteiger partial charge in [-0.1, -0.05) is 18.5 Å². The second-order valence-electron chi connectivity index (χ2n) is 4.94. The normalized spacial score (nSPS) is 22.6. The Balaban J connectivity index is 2.06. The fourth-order valence-electron chi connectivity index (χ4n) is 2.34. The minimum absolute atomic E-state index is 0.0267. The molecule has 3 heteroatoms. The third-order valence-corrected chi connectivity index (χ3v) is 3.76. The highest BCUT2D eigenvalue weighted by Crippen LogP contribution is 2.20. The molecule has 0 amide bonds. The first-order valence-corrected chi connectivity index (χ1v) is 6.49. The average Bonchev–Trinajstić information content (AvgIpc) is 2.75. The first-order chi connectivity index (χ1) is 8.08. The van der Waals surface area contributed by atoms with Crippen molar-refractivity contribution in [2.24, 2.45) is 5.92 Å². The van der Waals surface area contributed by atoms with E-state index in [-0.39, 0.29) is 11.8 Å². The summed E-state index contributed by atoms with van der Waals surface area (Å²) >= 11 is 5.82. The zero-order chi connectivity index (χ0) is 12.4. The van der Waals surface area contributed by atoms with Crippen LogP contribution in [0.5, 0.6) is 0 Å². The zero-order valence-electron chi connectivity index (χ0n) is 10.3. The minimum atomic E-state index is -0.0267. The molecule has 2 unspecified atom stereocenters. The maximum Gasteiger partial charge on any atom is 0.179 e. The molecule has 1 heterocycles. The molecule has 1 aliphatic heterocycles. The highest BCUT2D eigenvalue weighted by molar-refractivity contribution is 6.30. The van der Waals surface area contributed by atoms with E-state index in [0.717, 1.165) is 18.7 Å². The SMILES string of the molecule is CC1CCN(C(C)C(=O)c2ccc(Cl)cc2)C1. The van der Waals surface area contributed by atoms with Crippen molar-refractivity contribution in [3.8, 4) is 0 Å². The smallest absolute Gasteiger partial charge is 0.179 e. The van der Waals surface area contributed by atoms with Gasteiger partial charge in [-0.05, 0) is 50.1 Å². The van der Waals surface area contributed by atoms with Crippen LogP contribution in [0.4, 0.5) is 0 Å². The molecular formula is C14H18ClNO. The fourth-order valence-corrected chi connectivity index (χ4v) is 2.47. The van der Waals surface area contributed by atoms with Gasteiger partial charge in [0.15, 0.2) is 5.78 Å². The van der Waals surface area contributed by atoms with Crippen LogP contribution in [0.15, 0.2) is 24.3 Å². The Morgan fingerprint density at radius 1 is 1.41 bits per heavy atom. The molecule has 1 saturated heterocycles. The third-order valence-electron chi connectivity index (χ3n) is 3.51. The second-order valence-corrected chi connectivity index (χ2v) is 5.37. The summed E-state index contributed by atoms with van der Waals surface area (Å²) < 4.78 is 0. The summed E-state index contributed by atoms with van der Waals surface area (Å²) in [6, 6.07) is 7.13. The maximum absolute atomic E-state index is 12.3. The van der Waals surface area contributed by atoms with Gasteiger partial charge in [-0.2, -0.15) is 0 Å². The molecule has 0 bridgehead atoms. The summed E-state index contributed by atoms with van der Waals surface area (Å²) in [5.74, 6) is 0.895. The standard InChI is InChI=1S/C14H18ClNO/c1-10-7-8-16(9-10)11(2)14(17)12-3-5-13(15)6-4-12/h3-6,10-11H,7-9H2,1-2H3. The third kappa shape index (κ3) is 2.88. The number of ketones is 1. The monoisotopic (exact) mass is 251 g/mol. The van der Waals surface area contributed by atoms with Gasteiger partial charge in [0.05, 0.1) is 6.04 Å². The fraction of sp³-hybridized carbons (Fsp3) is 0.500. The van der Waals surface area contributed by atoms with E-state index in [1.807, 2.05) is 6.92 Å². The summed E-state index contributed by atoms with van der Waals surface area (Å²) in [4.78, 5) is 14.5. The van der Waals surface area contributed by atoms with Crippen LogP contribution in [0, 0.1) is 5.92 Å². The Bertz CT molecular complexity index is 401. The van der Waals surface area contributed by atoms with Crippen LogP contribution in [-0.2, 0) is 0 Å². The van der Waals surface area contributed by atoms with E-state index in [9.17, 15) is 4.79 Å². The first-order valence-electron chi connectivity index (χ1n) is 6.12. The van der Waals surface area contributed by atoms with Gasteiger partial charge in [-0.3, -0.25) is 9.69 Å². The molecule has 2 rings (SSSR count). The molecule has 2 nitrogen and oxygen atoms in total. The largest absolute Gasteiger partial charge is 0.293 e.